The van der Waals surface area contributed by atoms with Gasteiger partial charge in [0.1, 0.15) is 0 Å². The molecule has 2 aromatic carbocycles. The highest BCUT2D eigenvalue weighted by atomic mass is 32.2. The van der Waals surface area contributed by atoms with E-state index in [0.717, 1.165) is 11.1 Å². The second-order valence-electron chi connectivity index (χ2n) is 8.47. The number of nitrogens with two attached hydrogens (primary N) is 1. The molecular formula is C22H31N3O5S. The Balaban J connectivity index is 2.11. The SMILES string of the molecule is CC(C)(C)N(C(=O)O)[C@@H](Cc1ccccc1)[C@H](O)CNCc1ccc(S(N)(=O)=O)cc1. The standard InChI is InChI=1S/C22H31N3O5S/c1-22(2,3)25(21(27)28)19(13-16-7-5-4-6-8-16)20(26)15-24-14-17-9-11-18(12-10-17)31(23,29)30/h4-12,19-20,24,26H,13-15H2,1-3H3,(H,27,28)(H2,23,29,30)/t19-,20+/m0/s1. The number of hydrogen-bond acceptors (Lipinski definition) is 5. The molecule has 0 aliphatic carbocycles. The van der Waals surface area contributed by atoms with Crippen LogP contribution in [0.2, 0.25) is 0 Å². The van der Waals surface area contributed by atoms with Gasteiger partial charge in [0.2, 0.25) is 10.0 Å². The maximum Gasteiger partial charge on any atom is 0.408 e. The molecule has 170 valence electrons. The summed E-state index contributed by atoms with van der Waals surface area (Å²) in [6, 6.07) is 14.9. The lowest BCUT2D eigenvalue weighted by atomic mass is 9.94. The largest absolute Gasteiger partial charge is 0.465 e. The van der Waals surface area contributed by atoms with Crippen molar-refractivity contribution in [2.24, 2.45) is 5.14 Å². The Kier molecular flexibility index (Phi) is 8.19. The van der Waals surface area contributed by atoms with Crippen molar-refractivity contribution < 1.29 is 23.4 Å². The average Bonchev–Trinajstić information content (AvgIpc) is 2.66. The summed E-state index contributed by atoms with van der Waals surface area (Å²) < 4.78 is 22.7. The molecule has 9 heteroatoms. The summed E-state index contributed by atoms with van der Waals surface area (Å²) in [5, 5.41) is 29.0. The number of hydrogen-bond donors (Lipinski definition) is 4. The lowest BCUT2D eigenvalue weighted by Gasteiger charge is -2.42. The van der Waals surface area contributed by atoms with E-state index in [4.69, 9.17) is 5.14 Å². The minimum Gasteiger partial charge on any atom is -0.465 e. The fraction of sp³-hybridized carbons (Fsp3) is 0.409. The predicted molar refractivity (Wildman–Crippen MR) is 119 cm³/mol. The molecule has 2 rings (SSSR count). The first kappa shape index (κ1) is 24.8. The third-order valence-electron chi connectivity index (χ3n) is 4.93. The minimum atomic E-state index is -3.75. The fourth-order valence-corrected chi connectivity index (χ4v) is 3.99. The number of carbonyl (C=O) groups is 1. The van der Waals surface area contributed by atoms with Crippen LogP contribution >= 0.6 is 0 Å². The number of aliphatic hydroxyl groups excluding tert-OH is 1. The molecule has 0 saturated carbocycles. The van der Waals surface area contributed by atoms with Crippen molar-refractivity contribution in [1.82, 2.24) is 10.2 Å². The molecule has 5 N–H and O–H groups in total. The van der Waals surface area contributed by atoms with Crippen molar-refractivity contribution in [3.05, 3.63) is 65.7 Å². The number of nitrogens with zero attached hydrogens (tertiary/aromatic N) is 1. The number of nitrogens with one attached hydrogen (secondary N) is 1. The highest BCUT2D eigenvalue weighted by Gasteiger charge is 2.37. The molecule has 8 nitrogen and oxygen atoms in total. The van der Waals surface area contributed by atoms with Gasteiger partial charge in [-0.1, -0.05) is 42.5 Å². The van der Waals surface area contributed by atoms with Gasteiger partial charge in [0.05, 0.1) is 17.0 Å². The van der Waals surface area contributed by atoms with Gasteiger partial charge in [-0.05, 0) is 50.5 Å². The van der Waals surface area contributed by atoms with E-state index in [-0.39, 0.29) is 11.4 Å². The Morgan fingerprint density at radius 1 is 1.06 bits per heavy atom. The quantitative estimate of drug-likeness (QED) is 0.464. The molecule has 0 aromatic heterocycles. The second-order valence-corrected chi connectivity index (χ2v) is 10.0. The Morgan fingerprint density at radius 2 is 1.65 bits per heavy atom. The first-order valence-corrected chi connectivity index (χ1v) is 11.5. The first-order valence-electron chi connectivity index (χ1n) is 9.96. The molecule has 0 unspecified atom stereocenters. The van der Waals surface area contributed by atoms with Crippen LogP contribution in [-0.4, -0.2) is 53.9 Å². The molecule has 0 radical (unpaired) electrons. The molecule has 0 spiro atoms. The minimum absolute atomic E-state index is 0.0292. The molecule has 1 amide bonds. The zero-order valence-corrected chi connectivity index (χ0v) is 18.8. The molecule has 0 fully saturated rings. The first-order chi connectivity index (χ1) is 14.4. The van der Waals surface area contributed by atoms with Crippen molar-refractivity contribution in [1.29, 1.82) is 0 Å². The lowest BCUT2D eigenvalue weighted by molar-refractivity contribution is 0.00770. The monoisotopic (exact) mass is 449 g/mol. The summed E-state index contributed by atoms with van der Waals surface area (Å²) >= 11 is 0. The molecule has 0 aliphatic rings. The molecule has 0 bridgehead atoms. The van der Waals surface area contributed by atoms with Gasteiger partial charge < -0.3 is 15.5 Å². The van der Waals surface area contributed by atoms with Crippen molar-refractivity contribution >= 4 is 16.1 Å². The number of rotatable bonds is 9. The summed E-state index contributed by atoms with van der Waals surface area (Å²) in [4.78, 5) is 13.4. The zero-order valence-electron chi connectivity index (χ0n) is 18.0. The van der Waals surface area contributed by atoms with E-state index in [1.54, 1.807) is 32.9 Å². The average molecular weight is 450 g/mol. The maximum atomic E-state index is 12.0. The van der Waals surface area contributed by atoms with Gasteiger partial charge in [-0.3, -0.25) is 4.90 Å². The normalized spacial score (nSPS) is 14.1. The van der Waals surface area contributed by atoms with E-state index >= 15 is 0 Å². The molecule has 0 aliphatic heterocycles. The molecule has 2 atom stereocenters. The van der Waals surface area contributed by atoms with Crippen LogP contribution in [0.15, 0.2) is 59.5 Å². The Labute approximate surface area is 183 Å². The van der Waals surface area contributed by atoms with Gasteiger partial charge in [-0.15, -0.1) is 0 Å². The van der Waals surface area contributed by atoms with E-state index in [1.165, 1.54) is 17.0 Å². The molecule has 31 heavy (non-hydrogen) atoms. The third-order valence-corrected chi connectivity index (χ3v) is 5.86. The van der Waals surface area contributed by atoms with Gasteiger partial charge in [-0.2, -0.15) is 0 Å². The maximum absolute atomic E-state index is 12.0. The van der Waals surface area contributed by atoms with E-state index in [2.05, 4.69) is 5.32 Å². The number of carboxylic acid groups (broad SMARTS) is 1. The smallest absolute Gasteiger partial charge is 0.408 e. The van der Waals surface area contributed by atoms with Crippen LogP contribution in [0.1, 0.15) is 31.9 Å². The van der Waals surface area contributed by atoms with Crippen molar-refractivity contribution in [2.45, 2.75) is 56.3 Å². The van der Waals surface area contributed by atoms with Crippen molar-refractivity contribution in [2.75, 3.05) is 6.54 Å². The number of amides is 1. The summed E-state index contributed by atoms with van der Waals surface area (Å²) in [5.74, 6) is 0. The predicted octanol–water partition coefficient (Wildman–Crippen LogP) is 2.17. The summed E-state index contributed by atoms with van der Waals surface area (Å²) in [6.07, 6.45) is -1.68. The lowest BCUT2D eigenvalue weighted by Crippen LogP contribution is -2.58. The Morgan fingerprint density at radius 3 is 2.13 bits per heavy atom. The van der Waals surface area contributed by atoms with E-state index < -0.39 is 33.8 Å². The summed E-state index contributed by atoms with van der Waals surface area (Å²) in [5.41, 5.74) is 1.04. The van der Waals surface area contributed by atoms with Crippen LogP contribution in [-0.2, 0) is 23.0 Å². The van der Waals surface area contributed by atoms with Crippen LogP contribution in [0.25, 0.3) is 0 Å². The van der Waals surface area contributed by atoms with Crippen LogP contribution in [0, 0.1) is 0 Å². The van der Waals surface area contributed by atoms with Gasteiger partial charge >= 0.3 is 6.09 Å². The third kappa shape index (κ3) is 7.32. The van der Waals surface area contributed by atoms with Crippen LogP contribution in [0.3, 0.4) is 0 Å². The van der Waals surface area contributed by atoms with Gasteiger partial charge in [0, 0.05) is 18.6 Å². The molecule has 2 aromatic rings. The Bertz CT molecular complexity index is 957. The second kappa shape index (κ2) is 10.2. The number of aliphatic hydroxyl groups is 1. The van der Waals surface area contributed by atoms with Crippen molar-refractivity contribution in [3.8, 4) is 0 Å². The zero-order chi connectivity index (χ0) is 23.2. The fourth-order valence-electron chi connectivity index (χ4n) is 3.48. The van der Waals surface area contributed by atoms with Crippen LogP contribution in [0.5, 0.6) is 0 Å². The van der Waals surface area contributed by atoms with Gasteiger partial charge in [0.25, 0.3) is 0 Å². The number of benzene rings is 2. The van der Waals surface area contributed by atoms with Crippen molar-refractivity contribution in [3.63, 3.8) is 0 Å². The number of sulfonamides is 1. The highest BCUT2D eigenvalue weighted by molar-refractivity contribution is 7.89. The molecular weight excluding hydrogens is 418 g/mol. The number of primary sulfonamides is 1. The summed E-state index contributed by atoms with van der Waals surface area (Å²) in [7, 11) is -3.75. The topological polar surface area (TPSA) is 133 Å². The van der Waals surface area contributed by atoms with Crippen LogP contribution in [0.4, 0.5) is 4.79 Å². The molecule has 0 saturated heterocycles. The highest BCUT2D eigenvalue weighted by Crippen LogP contribution is 2.23. The van der Waals surface area contributed by atoms with Gasteiger partial charge in [-0.25, -0.2) is 18.4 Å². The van der Waals surface area contributed by atoms with E-state index in [1.807, 2.05) is 30.3 Å². The van der Waals surface area contributed by atoms with Gasteiger partial charge in [0.15, 0.2) is 0 Å². The van der Waals surface area contributed by atoms with Crippen LogP contribution < -0.4 is 10.5 Å². The summed E-state index contributed by atoms with van der Waals surface area (Å²) in [6.45, 7) is 5.93. The molecule has 0 heterocycles. The van der Waals surface area contributed by atoms with E-state index in [0.29, 0.717) is 13.0 Å². The van der Waals surface area contributed by atoms with E-state index in [9.17, 15) is 23.4 Å². The Hall–Kier alpha value is -2.46.